The third-order valence-corrected chi connectivity index (χ3v) is 9.17. The minimum atomic E-state index is -0.790. The van der Waals surface area contributed by atoms with Gasteiger partial charge in [-0.2, -0.15) is 0 Å². The van der Waals surface area contributed by atoms with Crippen LogP contribution in [0.25, 0.3) is 0 Å². The first-order chi connectivity index (χ1) is 14.1. The van der Waals surface area contributed by atoms with Gasteiger partial charge in [-0.1, -0.05) is 20.8 Å². The zero-order valence-corrected chi connectivity index (χ0v) is 18.7. The molecule has 6 rings (SSSR count). The standard InChI is InChI=1S/C24H37N3O3/c1-23(2,3)18-4-6-24(7-5-18)21(29)27(22(30)26-24)13-19(28)25-20-16-9-14-8-15(11-16)12-17(20)10-14/h14-18,20H,4-13H2,1-3H3,(H,25,28)(H,26,30). The van der Waals surface area contributed by atoms with Crippen LogP contribution in [0.3, 0.4) is 0 Å². The molecule has 1 spiro atoms. The zero-order valence-electron chi connectivity index (χ0n) is 18.7. The molecule has 0 atom stereocenters. The molecule has 6 aliphatic rings. The lowest BCUT2D eigenvalue weighted by Crippen LogP contribution is -2.57. The summed E-state index contributed by atoms with van der Waals surface area (Å²) in [6.45, 7) is 6.58. The highest BCUT2D eigenvalue weighted by molar-refractivity contribution is 6.09. The van der Waals surface area contributed by atoms with Crippen LogP contribution in [0.5, 0.6) is 0 Å². The SMILES string of the molecule is CC(C)(C)C1CCC2(CC1)NC(=O)N(CC(=O)NC1C3CC4CC(C3)CC1C4)C2=O. The number of nitrogens with one attached hydrogen (secondary N) is 2. The second kappa shape index (κ2) is 6.96. The molecule has 5 aliphatic carbocycles. The number of carbonyl (C=O) groups is 3. The Hall–Kier alpha value is -1.59. The van der Waals surface area contributed by atoms with Gasteiger partial charge in [0.2, 0.25) is 5.91 Å². The molecule has 1 heterocycles. The topological polar surface area (TPSA) is 78.5 Å². The molecular formula is C24H37N3O3. The van der Waals surface area contributed by atoms with Crippen LogP contribution in [-0.2, 0) is 9.59 Å². The molecule has 30 heavy (non-hydrogen) atoms. The van der Waals surface area contributed by atoms with E-state index in [2.05, 4.69) is 31.4 Å². The number of amides is 4. The maximum Gasteiger partial charge on any atom is 0.325 e. The first-order valence-electron chi connectivity index (χ1n) is 12.1. The Morgan fingerprint density at radius 3 is 2.13 bits per heavy atom. The molecule has 5 saturated carbocycles. The minimum absolute atomic E-state index is 0.141. The quantitative estimate of drug-likeness (QED) is 0.693. The van der Waals surface area contributed by atoms with Gasteiger partial charge in [-0.05, 0) is 92.8 Å². The van der Waals surface area contributed by atoms with Crippen molar-refractivity contribution in [1.29, 1.82) is 0 Å². The van der Waals surface area contributed by atoms with Gasteiger partial charge in [0.1, 0.15) is 12.1 Å². The summed E-state index contributed by atoms with van der Waals surface area (Å²) < 4.78 is 0. The molecule has 4 amide bonds. The Balaban J connectivity index is 1.20. The molecule has 166 valence electrons. The van der Waals surface area contributed by atoms with Gasteiger partial charge in [-0.3, -0.25) is 14.5 Å². The van der Waals surface area contributed by atoms with E-state index >= 15 is 0 Å². The van der Waals surface area contributed by atoms with Crippen LogP contribution >= 0.6 is 0 Å². The highest BCUT2D eigenvalue weighted by atomic mass is 16.2. The Bertz CT molecular complexity index is 719. The third kappa shape index (κ3) is 3.34. The van der Waals surface area contributed by atoms with Crippen LogP contribution in [-0.4, -0.2) is 40.9 Å². The maximum atomic E-state index is 13.2. The van der Waals surface area contributed by atoms with E-state index in [1.54, 1.807) is 0 Å². The molecule has 6 fully saturated rings. The van der Waals surface area contributed by atoms with Gasteiger partial charge >= 0.3 is 6.03 Å². The Kier molecular flexibility index (Phi) is 4.71. The van der Waals surface area contributed by atoms with E-state index in [-0.39, 0.29) is 29.8 Å². The van der Waals surface area contributed by atoms with Crippen molar-refractivity contribution in [2.45, 2.75) is 90.1 Å². The van der Waals surface area contributed by atoms with Crippen LogP contribution in [0.2, 0.25) is 0 Å². The lowest BCUT2D eigenvalue weighted by atomic mass is 9.54. The van der Waals surface area contributed by atoms with Gasteiger partial charge in [-0.15, -0.1) is 0 Å². The van der Waals surface area contributed by atoms with Gasteiger partial charge in [0, 0.05) is 6.04 Å². The van der Waals surface area contributed by atoms with Crippen molar-refractivity contribution in [1.82, 2.24) is 15.5 Å². The van der Waals surface area contributed by atoms with Crippen molar-refractivity contribution in [3.63, 3.8) is 0 Å². The van der Waals surface area contributed by atoms with Crippen LogP contribution in [0, 0.1) is 35.0 Å². The summed E-state index contributed by atoms with van der Waals surface area (Å²) in [6, 6.07) is -0.156. The van der Waals surface area contributed by atoms with Crippen LogP contribution in [0.4, 0.5) is 4.79 Å². The minimum Gasteiger partial charge on any atom is -0.351 e. The molecule has 0 aromatic heterocycles. The highest BCUT2D eigenvalue weighted by Crippen LogP contribution is 2.53. The van der Waals surface area contributed by atoms with Crippen molar-refractivity contribution < 1.29 is 14.4 Å². The molecule has 0 aromatic rings. The number of rotatable bonds is 3. The fraction of sp³-hybridized carbons (Fsp3) is 0.875. The lowest BCUT2D eigenvalue weighted by Gasteiger charge is -2.54. The largest absolute Gasteiger partial charge is 0.351 e. The second-order valence-electron chi connectivity index (χ2n) is 12.1. The van der Waals surface area contributed by atoms with Gasteiger partial charge in [0.25, 0.3) is 5.91 Å². The highest BCUT2D eigenvalue weighted by Gasteiger charge is 2.54. The van der Waals surface area contributed by atoms with Gasteiger partial charge in [-0.25, -0.2) is 4.79 Å². The monoisotopic (exact) mass is 415 g/mol. The first-order valence-corrected chi connectivity index (χ1v) is 12.1. The fourth-order valence-corrected chi connectivity index (χ4v) is 7.67. The van der Waals surface area contributed by atoms with Crippen molar-refractivity contribution >= 4 is 17.8 Å². The normalized spacial score (nSPS) is 42.7. The van der Waals surface area contributed by atoms with E-state index in [0.29, 0.717) is 30.6 Å². The van der Waals surface area contributed by atoms with Crippen molar-refractivity contribution in [2.24, 2.45) is 35.0 Å². The molecule has 1 aliphatic heterocycles. The molecule has 0 aromatic carbocycles. The summed E-state index contributed by atoms with van der Waals surface area (Å²) in [5, 5.41) is 6.19. The predicted molar refractivity (Wildman–Crippen MR) is 113 cm³/mol. The van der Waals surface area contributed by atoms with Crippen molar-refractivity contribution in [3.05, 3.63) is 0 Å². The number of hydrogen-bond donors (Lipinski definition) is 2. The Morgan fingerprint density at radius 1 is 1.03 bits per heavy atom. The molecular weight excluding hydrogens is 378 g/mol. The van der Waals surface area contributed by atoms with Gasteiger partial charge in [0.05, 0.1) is 0 Å². The average molecular weight is 416 g/mol. The Labute approximate surface area is 179 Å². The summed E-state index contributed by atoms with van der Waals surface area (Å²) in [7, 11) is 0. The van der Waals surface area contributed by atoms with E-state index in [9.17, 15) is 14.4 Å². The molecule has 0 unspecified atom stereocenters. The van der Waals surface area contributed by atoms with E-state index in [1.165, 1.54) is 37.0 Å². The summed E-state index contributed by atoms with van der Waals surface area (Å²) in [6.07, 6.45) is 9.54. The van der Waals surface area contributed by atoms with Gasteiger partial charge < -0.3 is 10.6 Å². The molecule has 4 bridgehead atoms. The summed E-state index contributed by atoms with van der Waals surface area (Å²) in [5.74, 6) is 3.09. The van der Waals surface area contributed by atoms with E-state index in [0.717, 1.165) is 24.7 Å². The number of hydrogen-bond acceptors (Lipinski definition) is 3. The van der Waals surface area contributed by atoms with Crippen LogP contribution in [0.1, 0.15) is 78.6 Å². The predicted octanol–water partition coefficient (Wildman–Crippen LogP) is 3.45. The Morgan fingerprint density at radius 2 is 1.60 bits per heavy atom. The third-order valence-electron chi connectivity index (χ3n) is 9.17. The fourth-order valence-electron chi connectivity index (χ4n) is 7.67. The van der Waals surface area contributed by atoms with Gasteiger partial charge in [0.15, 0.2) is 0 Å². The maximum absolute atomic E-state index is 13.2. The summed E-state index contributed by atoms with van der Waals surface area (Å²) in [5.41, 5.74) is -0.576. The van der Waals surface area contributed by atoms with E-state index in [4.69, 9.17) is 0 Å². The molecule has 1 saturated heterocycles. The van der Waals surface area contributed by atoms with Crippen molar-refractivity contribution in [2.75, 3.05) is 6.54 Å². The average Bonchev–Trinajstić information content (AvgIpc) is 2.88. The van der Waals surface area contributed by atoms with Crippen LogP contribution in [0.15, 0.2) is 0 Å². The molecule has 6 nitrogen and oxygen atoms in total. The molecule has 0 radical (unpaired) electrons. The van der Waals surface area contributed by atoms with Crippen molar-refractivity contribution in [3.8, 4) is 0 Å². The molecule has 2 N–H and O–H groups in total. The summed E-state index contributed by atoms with van der Waals surface area (Å²) in [4.78, 5) is 39.8. The first kappa shape index (κ1) is 20.3. The number of imide groups is 1. The van der Waals surface area contributed by atoms with E-state index in [1.807, 2.05) is 0 Å². The second-order valence-corrected chi connectivity index (χ2v) is 12.1. The lowest BCUT2D eigenvalue weighted by molar-refractivity contribution is -0.137. The number of urea groups is 1. The van der Waals surface area contributed by atoms with E-state index < -0.39 is 11.6 Å². The summed E-state index contributed by atoms with van der Waals surface area (Å²) >= 11 is 0. The number of carbonyl (C=O) groups excluding carboxylic acids is 3. The zero-order chi connectivity index (χ0) is 21.3. The molecule has 6 heteroatoms. The van der Waals surface area contributed by atoms with Crippen LogP contribution < -0.4 is 10.6 Å². The smallest absolute Gasteiger partial charge is 0.325 e. The number of nitrogens with zero attached hydrogens (tertiary/aromatic N) is 1.